The average molecular weight is 356 g/mol. The van der Waals surface area contributed by atoms with Gasteiger partial charge in [0.25, 0.3) is 5.91 Å². The number of likely N-dealkylation sites (N-methyl/N-ethyl adjacent to an activating group) is 1. The van der Waals surface area contributed by atoms with Crippen molar-refractivity contribution in [3.8, 4) is 16.9 Å². The van der Waals surface area contributed by atoms with E-state index in [9.17, 15) is 4.79 Å². The van der Waals surface area contributed by atoms with Crippen molar-refractivity contribution in [2.75, 3.05) is 20.7 Å². The second-order valence-electron chi connectivity index (χ2n) is 7.21. The summed E-state index contributed by atoms with van der Waals surface area (Å²) in [6, 6.07) is 8.35. The molecule has 1 heterocycles. The van der Waals surface area contributed by atoms with Crippen molar-refractivity contribution in [1.82, 2.24) is 20.4 Å². The van der Waals surface area contributed by atoms with Crippen LogP contribution in [-0.4, -0.2) is 53.8 Å². The van der Waals surface area contributed by atoms with Crippen LogP contribution in [0.15, 0.2) is 30.5 Å². The first-order valence-corrected chi connectivity index (χ1v) is 9.23. The summed E-state index contributed by atoms with van der Waals surface area (Å²) in [5.74, 6) is 0.625. The van der Waals surface area contributed by atoms with E-state index in [4.69, 9.17) is 4.74 Å². The summed E-state index contributed by atoms with van der Waals surface area (Å²) < 4.78 is 5.73. The summed E-state index contributed by atoms with van der Waals surface area (Å²) in [7, 11) is 4.16. The van der Waals surface area contributed by atoms with Gasteiger partial charge in [-0.25, -0.2) is 0 Å². The number of aryl methyl sites for hydroxylation is 1. The third kappa shape index (κ3) is 4.43. The summed E-state index contributed by atoms with van der Waals surface area (Å²) in [6.07, 6.45) is 6.36. The Hall–Kier alpha value is -2.34. The number of carbonyl (C=O) groups is 1. The second kappa shape index (κ2) is 8.36. The Morgan fingerprint density at radius 2 is 2.15 bits per heavy atom. The van der Waals surface area contributed by atoms with E-state index < -0.39 is 0 Å². The molecule has 140 valence electrons. The molecule has 1 aromatic heterocycles. The molecular weight excluding hydrogens is 328 g/mol. The minimum absolute atomic E-state index is 0.0322. The monoisotopic (exact) mass is 356 g/mol. The van der Waals surface area contributed by atoms with Crippen LogP contribution in [-0.2, 0) is 4.79 Å². The van der Waals surface area contributed by atoms with Crippen molar-refractivity contribution in [3.63, 3.8) is 0 Å². The van der Waals surface area contributed by atoms with Gasteiger partial charge >= 0.3 is 0 Å². The number of ether oxygens (including phenoxy) is 1. The van der Waals surface area contributed by atoms with Gasteiger partial charge in [-0.1, -0.05) is 25.0 Å². The highest BCUT2D eigenvalue weighted by Crippen LogP contribution is 2.25. The molecule has 0 spiro atoms. The largest absolute Gasteiger partial charge is 0.484 e. The quantitative estimate of drug-likeness (QED) is 0.835. The Kier molecular flexibility index (Phi) is 5.93. The number of nitrogens with zero attached hydrogens (tertiary/aromatic N) is 2. The Morgan fingerprint density at radius 1 is 1.35 bits per heavy atom. The lowest BCUT2D eigenvalue weighted by atomic mass is 9.89. The van der Waals surface area contributed by atoms with Gasteiger partial charge in [-0.15, -0.1) is 0 Å². The molecule has 6 heteroatoms. The van der Waals surface area contributed by atoms with Gasteiger partial charge in [0.05, 0.1) is 6.20 Å². The molecule has 6 nitrogen and oxygen atoms in total. The van der Waals surface area contributed by atoms with E-state index in [0.29, 0.717) is 11.8 Å². The number of hydrogen-bond acceptors (Lipinski definition) is 4. The maximum Gasteiger partial charge on any atom is 0.258 e. The molecule has 0 saturated heterocycles. The lowest BCUT2D eigenvalue weighted by Crippen LogP contribution is -2.52. The molecule has 0 aliphatic heterocycles. The minimum atomic E-state index is -0.0614. The molecule has 1 aromatic carbocycles. The average Bonchev–Trinajstić information content (AvgIpc) is 3.06. The molecule has 3 rings (SSSR count). The number of carbonyl (C=O) groups excluding carboxylic acids is 1. The third-order valence-electron chi connectivity index (χ3n) is 5.08. The highest BCUT2D eigenvalue weighted by atomic mass is 16.5. The first-order valence-electron chi connectivity index (χ1n) is 9.23. The molecule has 1 fully saturated rings. The summed E-state index contributed by atoms with van der Waals surface area (Å²) in [5.41, 5.74) is 3.07. The number of benzene rings is 1. The van der Waals surface area contributed by atoms with Crippen LogP contribution in [0.3, 0.4) is 0 Å². The molecule has 1 aliphatic rings. The van der Waals surface area contributed by atoms with Crippen LogP contribution in [0.25, 0.3) is 11.1 Å². The summed E-state index contributed by atoms with van der Waals surface area (Å²) >= 11 is 0. The topological polar surface area (TPSA) is 70.2 Å². The van der Waals surface area contributed by atoms with Gasteiger partial charge in [-0.05, 0) is 51.6 Å². The predicted molar refractivity (Wildman–Crippen MR) is 102 cm³/mol. The van der Waals surface area contributed by atoms with Gasteiger partial charge in [0.2, 0.25) is 0 Å². The maximum atomic E-state index is 12.4. The number of amides is 1. The van der Waals surface area contributed by atoms with E-state index in [0.717, 1.165) is 29.7 Å². The predicted octanol–water partition coefficient (Wildman–Crippen LogP) is 2.75. The van der Waals surface area contributed by atoms with Crippen LogP contribution >= 0.6 is 0 Å². The Labute approximate surface area is 154 Å². The van der Waals surface area contributed by atoms with Crippen LogP contribution < -0.4 is 10.1 Å². The van der Waals surface area contributed by atoms with E-state index >= 15 is 0 Å². The van der Waals surface area contributed by atoms with E-state index in [-0.39, 0.29) is 18.6 Å². The normalized spacial score (nSPS) is 20.2. The molecule has 0 radical (unpaired) electrons. The molecule has 1 aliphatic carbocycles. The summed E-state index contributed by atoms with van der Waals surface area (Å²) in [5, 5.41) is 10.1. The van der Waals surface area contributed by atoms with Crippen molar-refractivity contribution < 1.29 is 9.53 Å². The smallest absolute Gasteiger partial charge is 0.258 e. The third-order valence-corrected chi connectivity index (χ3v) is 5.08. The van der Waals surface area contributed by atoms with Crippen LogP contribution in [0.2, 0.25) is 0 Å². The van der Waals surface area contributed by atoms with Crippen LogP contribution in [0.5, 0.6) is 5.75 Å². The lowest BCUT2D eigenvalue weighted by molar-refractivity contribution is -0.124. The zero-order valence-electron chi connectivity index (χ0n) is 15.8. The number of hydrogen-bond donors (Lipinski definition) is 2. The van der Waals surface area contributed by atoms with Gasteiger partial charge in [0, 0.05) is 23.3 Å². The molecule has 1 amide bonds. The highest BCUT2D eigenvalue weighted by Gasteiger charge is 2.27. The fraction of sp³-hybridized carbons (Fsp3) is 0.500. The van der Waals surface area contributed by atoms with Gasteiger partial charge < -0.3 is 15.0 Å². The molecule has 2 aromatic rings. The number of nitrogens with one attached hydrogen (secondary N) is 2. The van der Waals surface area contributed by atoms with Crippen molar-refractivity contribution in [2.24, 2.45) is 0 Å². The fourth-order valence-corrected chi connectivity index (χ4v) is 3.69. The van der Waals surface area contributed by atoms with Gasteiger partial charge in [0.1, 0.15) is 5.75 Å². The zero-order valence-corrected chi connectivity index (χ0v) is 15.8. The van der Waals surface area contributed by atoms with E-state index in [1.165, 1.54) is 12.8 Å². The molecule has 26 heavy (non-hydrogen) atoms. The van der Waals surface area contributed by atoms with E-state index in [1.807, 2.05) is 31.2 Å². The van der Waals surface area contributed by atoms with Crippen LogP contribution in [0, 0.1) is 6.92 Å². The van der Waals surface area contributed by atoms with Gasteiger partial charge in [-0.3, -0.25) is 9.89 Å². The molecule has 0 unspecified atom stereocenters. The Morgan fingerprint density at radius 3 is 2.88 bits per heavy atom. The molecule has 0 bridgehead atoms. The Bertz CT molecular complexity index is 741. The first kappa shape index (κ1) is 18.5. The molecular formula is C20H28N4O2. The van der Waals surface area contributed by atoms with E-state index in [1.54, 1.807) is 6.20 Å². The fourth-order valence-electron chi connectivity index (χ4n) is 3.69. The van der Waals surface area contributed by atoms with Crippen molar-refractivity contribution in [2.45, 2.75) is 44.7 Å². The first-order chi connectivity index (χ1) is 12.5. The Balaban J connectivity index is 1.57. The second-order valence-corrected chi connectivity index (χ2v) is 7.21. The summed E-state index contributed by atoms with van der Waals surface area (Å²) in [6.45, 7) is 2.01. The SMILES string of the molecule is Cc1[nH]ncc1-c1cccc(OCC(=O)N[C@@H]2CCCC[C@H]2N(C)C)c1. The number of aromatic nitrogens is 2. The number of rotatable bonds is 6. The van der Waals surface area contributed by atoms with Crippen molar-refractivity contribution in [1.29, 1.82) is 0 Å². The summed E-state index contributed by atoms with van der Waals surface area (Å²) in [4.78, 5) is 14.6. The van der Waals surface area contributed by atoms with Crippen LogP contribution in [0.4, 0.5) is 0 Å². The lowest BCUT2D eigenvalue weighted by Gasteiger charge is -2.36. The number of H-pyrrole nitrogens is 1. The highest BCUT2D eigenvalue weighted by molar-refractivity contribution is 5.78. The van der Waals surface area contributed by atoms with E-state index in [2.05, 4.69) is 34.5 Å². The van der Waals surface area contributed by atoms with Crippen molar-refractivity contribution >= 4 is 5.91 Å². The zero-order chi connectivity index (χ0) is 18.5. The van der Waals surface area contributed by atoms with Crippen LogP contribution in [0.1, 0.15) is 31.4 Å². The molecule has 1 saturated carbocycles. The molecule has 2 atom stereocenters. The van der Waals surface area contributed by atoms with Gasteiger partial charge in [0.15, 0.2) is 6.61 Å². The number of aromatic amines is 1. The maximum absolute atomic E-state index is 12.4. The molecule has 2 N–H and O–H groups in total. The van der Waals surface area contributed by atoms with Crippen molar-refractivity contribution in [3.05, 3.63) is 36.2 Å². The minimum Gasteiger partial charge on any atom is -0.484 e. The standard InChI is InChI=1S/C20H28N4O2/c1-14-17(12-21-23-14)15-7-6-8-16(11-15)26-13-20(25)22-18-9-4-5-10-19(18)24(2)3/h6-8,11-12,18-19H,4-5,9-10,13H2,1-3H3,(H,21,23)(H,22,25)/t18-,19-/m1/s1. The van der Waals surface area contributed by atoms with Gasteiger partial charge in [-0.2, -0.15) is 5.10 Å².